The minimum Gasteiger partial charge on any atom is -0.384 e. The van der Waals surface area contributed by atoms with Crippen molar-refractivity contribution in [2.24, 2.45) is 5.92 Å². The van der Waals surface area contributed by atoms with E-state index in [1.54, 1.807) is 0 Å². The number of nitrogen functional groups attached to an aromatic ring is 1. The molecular weight excluding hydrogens is 198 g/mol. The van der Waals surface area contributed by atoms with Gasteiger partial charge in [0.15, 0.2) is 0 Å². The van der Waals surface area contributed by atoms with Gasteiger partial charge in [-0.1, -0.05) is 19.9 Å². The molecular formula is C13H21N3. The summed E-state index contributed by atoms with van der Waals surface area (Å²) in [5, 5.41) is 0. The maximum atomic E-state index is 5.59. The fourth-order valence-corrected chi connectivity index (χ4v) is 2.02. The van der Waals surface area contributed by atoms with Crippen LogP contribution in [-0.2, 0) is 6.54 Å². The minimum absolute atomic E-state index is 0.602. The van der Waals surface area contributed by atoms with E-state index in [0.717, 1.165) is 18.5 Å². The van der Waals surface area contributed by atoms with E-state index in [-0.39, 0.29) is 0 Å². The van der Waals surface area contributed by atoms with Crippen molar-refractivity contribution in [3.8, 4) is 0 Å². The Hall–Kier alpha value is -1.09. The van der Waals surface area contributed by atoms with Gasteiger partial charge in [0.05, 0.1) is 0 Å². The van der Waals surface area contributed by atoms with Gasteiger partial charge in [0, 0.05) is 25.3 Å². The maximum Gasteiger partial charge on any atom is 0.123 e. The molecule has 0 saturated heterocycles. The third-order valence-electron chi connectivity index (χ3n) is 2.90. The Morgan fingerprint density at radius 1 is 1.44 bits per heavy atom. The quantitative estimate of drug-likeness (QED) is 0.826. The van der Waals surface area contributed by atoms with Crippen LogP contribution in [0.5, 0.6) is 0 Å². The monoisotopic (exact) mass is 219 g/mol. The highest BCUT2D eigenvalue weighted by atomic mass is 15.2. The Balaban J connectivity index is 1.96. The van der Waals surface area contributed by atoms with Gasteiger partial charge in [-0.05, 0) is 30.4 Å². The van der Waals surface area contributed by atoms with Crippen LogP contribution in [0.25, 0.3) is 0 Å². The zero-order valence-corrected chi connectivity index (χ0v) is 10.2. The average molecular weight is 219 g/mol. The van der Waals surface area contributed by atoms with Crippen LogP contribution in [0, 0.1) is 5.92 Å². The highest BCUT2D eigenvalue weighted by Gasteiger charge is 2.29. The highest BCUT2D eigenvalue weighted by molar-refractivity contribution is 5.29. The molecule has 2 N–H and O–H groups in total. The number of hydrogen-bond donors (Lipinski definition) is 1. The van der Waals surface area contributed by atoms with E-state index in [1.165, 1.54) is 24.9 Å². The number of aromatic nitrogens is 1. The second kappa shape index (κ2) is 4.83. The molecule has 0 unspecified atom stereocenters. The lowest BCUT2D eigenvalue weighted by Crippen LogP contribution is -2.29. The fourth-order valence-electron chi connectivity index (χ4n) is 2.02. The van der Waals surface area contributed by atoms with E-state index in [1.807, 2.05) is 12.3 Å². The Labute approximate surface area is 97.7 Å². The van der Waals surface area contributed by atoms with Crippen molar-refractivity contribution in [3.63, 3.8) is 0 Å². The molecule has 2 rings (SSSR count). The van der Waals surface area contributed by atoms with Gasteiger partial charge in [0.1, 0.15) is 5.82 Å². The minimum atomic E-state index is 0.602. The normalized spacial score (nSPS) is 16.0. The SMILES string of the molecule is CC(C)CN(Cc1ccc(N)nc1)C1CC1. The first-order chi connectivity index (χ1) is 7.65. The van der Waals surface area contributed by atoms with Gasteiger partial charge in [-0.3, -0.25) is 4.90 Å². The van der Waals surface area contributed by atoms with E-state index in [4.69, 9.17) is 5.73 Å². The van der Waals surface area contributed by atoms with Crippen LogP contribution in [0.3, 0.4) is 0 Å². The van der Waals surface area contributed by atoms with Gasteiger partial charge >= 0.3 is 0 Å². The van der Waals surface area contributed by atoms with Crippen LogP contribution in [0.1, 0.15) is 32.3 Å². The molecule has 1 aliphatic carbocycles. The second-order valence-electron chi connectivity index (χ2n) is 5.15. The molecule has 0 amide bonds. The number of pyridine rings is 1. The first kappa shape index (κ1) is 11.4. The maximum absolute atomic E-state index is 5.59. The predicted molar refractivity (Wildman–Crippen MR) is 66.9 cm³/mol. The van der Waals surface area contributed by atoms with Crippen molar-refractivity contribution < 1.29 is 0 Å². The summed E-state index contributed by atoms with van der Waals surface area (Å²) < 4.78 is 0. The zero-order valence-electron chi connectivity index (χ0n) is 10.2. The lowest BCUT2D eigenvalue weighted by Gasteiger charge is -2.23. The molecule has 1 aromatic heterocycles. The first-order valence-electron chi connectivity index (χ1n) is 6.09. The van der Waals surface area contributed by atoms with Crippen LogP contribution >= 0.6 is 0 Å². The predicted octanol–water partition coefficient (Wildman–Crippen LogP) is 2.28. The van der Waals surface area contributed by atoms with Crippen LogP contribution in [-0.4, -0.2) is 22.5 Å². The third kappa shape index (κ3) is 3.20. The topological polar surface area (TPSA) is 42.1 Å². The molecule has 0 spiro atoms. The lowest BCUT2D eigenvalue weighted by atomic mass is 10.2. The average Bonchev–Trinajstić information content (AvgIpc) is 3.03. The molecule has 1 aliphatic rings. The molecule has 1 fully saturated rings. The molecule has 3 heteroatoms. The summed E-state index contributed by atoms with van der Waals surface area (Å²) in [6.07, 6.45) is 4.61. The number of nitrogens with two attached hydrogens (primary N) is 1. The molecule has 0 bridgehead atoms. The van der Waals surface area contributed by atoms with E-state index in [9.17, 15) is 0 Å². The van der Waals surface area contributed by atoms with Crippen LogP contribution in [0.15, 0.2) is 18.3 Å². The Kier molecular flexibility index (Phi) is 3.44. The number of rotatable bonds is 5. The van der Waals surface area contributed by atoms with E-state index in [0.29, 0.717) is 5.82 Å². The van der Waals surface area contributed by atoms with E-state index >= 15 is 0 Å². The molecule has 88 valence electrons. The van der Waals surface area contributed by atoms with Crippen molar-refractivity contribution in [3.05, 3.63) is 23.9 Å². The van der Waals surface area contributed by atoms with Gasteiger partial charge < -0.3 is 5.73 Å². The smallest absolute Gasteiger partial charge is 0.123 e. The summed E-state index contributed by atoms with van der Waals surface area (Å²) in [5.74, 6) is 1.33. The third-order valence-corrected chi connectivity index (χ3v) is 2.90. The summed E-state index contributed by atoms with van der Waals surface area (Å²) >= 11 is 0. The Morgan fingerprint density at radius 2 is 2.19 bits per heavy atom. The van der Waals surface area contributed by atoms with E-state index in [2.05, 4.69) is 29.8 Å². The molecule has 3 nitrogen and oxygen atoms in total. The van der Waals surface area contributed by atoms with Gasteiger partial charge in [-0.15, -0.1) is 0 Å². The molecule has 16 heavy (non-hydrogen) atoms. The molecule has 0 radical (unpaired) electrons. The standard InChI is InChI=1S/C13H21N3/c1-10(2)8-16(12-4-5-12)9-11-3-6-13(14)15-7-11/h3,6-7,10,12H,4-5,8-9H2,1-2H3,(H2,14,15). The van der Waals surface area contributed by atoms with Crippen LogP contribution in [0.2, 0.25) is 0 Å². The Bertz CT molecular complexity index is 328. The summed E-state index contributed by atoms with van der Waals surface area (Å²) in [5.41, 5.74) is 6.85. The molecule has 0 aromatic carbocycles. The van der Waals surface area contributed by atoms with Gasteiger partial charge in [-0.2, -0.15) is 0 Å². The molecule has 1 saturated carbocycles. The van der Waals surface area contributed by atoms with Gasteiger partial charge in [0.25, 0.3) is 0 Å². The summed E-state index contributed by atoms with van der Waals surface area (Å²) in [6.45, 7) is 6.73. The Morgan fingerprint density at radius 3 is 2.69 bits per heavy atom. The number of nitrogens with zero attached hydrogens (tertiary/aromatic N) is 2. The largest absolute Gasteiger partial charge is 0.384 e. The van der Waals surface area contributed by atoms with Crippen molar-refractivity contribution in [2.45, 2.75) is 39.3 Å². The fraction of sp³-hybridized carbons (Fsp3) is 0.615. The van der Waals surface area contributed by atoms with Crippen molar-refractivity contribution in [1.82, 2.24) is 9.88 Å². The highest BCUT2D eigenvalue weighted by Crippen LogP contribution is 2.28. The number of anilines is 1. The van der Waals surface area contributed by atoms with Crippen LogP contribution in [0.4, 0.5) is 5.82 Å². The van der Waals surface area contributed by atoms with Crippen molar-refractivity contribution in [1.29, 1.82) is 0 Å². The van der Waals surface area contributed by atoms with Gasteiger partial charge in [0.2, 0.25) is 0 Å². The molecule has 1 heterocycles. The lowest BCUT2D eigenvalue weighted by molar-refractivity contribution is 0.226. The summed E-state index contributed by atoms with van der Waals surface area (Å²) in [7, 11) is 0. The molecule has 1 aromatic rings. The summed E-state index contributed by atoms with van der Waals surface area (Å²) in [4.78, 5) is 6.71. The first-order valence-corrected chi connectivity index (χ1v) is 6.09. The second-order valence-corrected chi connectivity index (χ2v) is 5.15. The molecule has 0 aliphatic heterocycles. The van der Waals surface area contributed by atoms with Crippen LogP contribution < -0.4 is 5.73 Å². The zero-order chi connectivity index (χ0) is 11.5. The summed E-state index contributed by atoms with van der Waals surface area (Å²) in [6, 6.07) is 4.77. The van der Waals surface area contributed by atoms with Crippen molar-refractivity contribution in [2.75, 3.05) is 12.3 Å². The number of hydrogen-bond acceptors (Lipinski definition) is 3. The van der Waals surface area contributed by atoms with E-state index < -0.39 is 0 Å². The van der Waals surface area contributed by atoms with Gasteiger partial charge in [-0.25, -0.2) is 4.98 Å². The molecule has 0 atom stereocenters. The van der Waals surface area contributed by atoms with Crippen molar-refractivity contribution >= 4 is 5.82 Å².